The maximum atomic E-state index is 13.1. The zero-order valence-corrected chi connectivity index (χ0v) is 19.7. The predicted octanol–water partition coefficient (Wildman–Crippen LogP) is 3.39. The Bertz CT molecular complexity index is 1090. The van der Waals surface area contributed by atoms with E-state index >= 15 is 0 Å². The molecule has 5 rings (SSSR count). The molecule has 0 aromatic heterocycles. The largest absolute Gasteiger partial charge is 0.481 e. The number of fused-ring (bicyclic) bond motifs is 5. The Morgan fingerprint density at radius 2 is 1.71 bits per heavy atom. The third-order valence-electron chi connectivity index (χ3n) is 7.69. The number of carbonyl (C=O) groups is 3. The Morgan fingerprint density at radius 3 is 2.31 bits per heavy atom. The van der Waals surface area contributed by atoms with Crippen LogP contribution >= 0.6 is 0 Å². The summed E-state index contributed by atoms with van der Waals surface area (Å²) >= 11 is 0. The van der Waals surface area contributed by atoms with Crippen molar-refractivity contribution in [3.05, 3.63) is 59.7 Å². The molecule has 2 bridgehead atoms. The van der Waals surface area contributed by atoms with E-state index < -0.39 is 24.1 Å². The summed E-state index contributed by atoms with van der Waals surface area (Å²) in [4.78, 5) is 38.7. The first kappa shape index (κ1) is 23.4. The Labute approximate surface area is 204 Å². The quantitative estimate of drug-likeness (QED) is 0.603. The van der Waals surface area contributed by atoms with Gasteiger partial charge in [0.05, 0.1) is 5.92 Å². The van der Waals surface area contributed by atoms with Crippen LogP contribution in [0.15, 0.2) is 48.5 Å². The van der Waals surface area contributed by atoms with E-state index in [9.17, 15) is 19.5 Å². The SMILES string of the molecule is COC(CCNC(=O)OCC1c2ccccc2-c2ccccc21)C(=O)N1[C@@H]2CC[C@H]1[C@@H](C(=O)O)C2. The maximum absolute atomic E-state index is 13.1. The minimum absolute atomic E-state index is 0.0192. The normalized spacial score (nSPS) is 23.0. The Hall–Kier alpha value is -3.39. The van der Waals surface area contributed by atoms with Crippen molar-refractivity contribution in [2.45, 2.75) is 49.8 Å². The van der Waals surface area contributed by atoms with E-state index in [4.69, 9.17) is 9.47 Å². The summed E-state index contributed by atoms with van der Waals surface area (Å²) < 4.78 is 11.0. The van der Waals surface area contributed by atoms with Crippen LogP contribution in [0.25, 0.3) is 11.1 Å². The molecule has 8 nitrogen and oxygen atoms in total. The van der Waals surface area contributed by atoms with Gasteiger partial charge in [-0.05, 0) is 41.5 Å². The van der Waals surface area contributed by atoms with E-state index in [1.807, 2.05) is 24.3 Å². The van der Waals surface area contributed by atoms with Gasteiger partial charge in [0.15, 0.2) is 0 Å². The van der Waals surface area contributed by atoms with Gasteiger partial charge in [-0.3, -0.25) is 9.59 Å². The minimum atomic E-state index is -0.846. The number of carboxylic acids is 1. The van der Waals surface area contributed by atoms with Crippen LogP contribution < -0.4 is 5.32 Å². The summed E-state index contributed by atoms with van der Waals surface area (Å²) in [6, 6.07) is 16.0. The van der Waals surface area contributed by atoms with Gasteiger partial charge >= 0.3 is 12.1 Å². The van der Waals surface area contributed by atoms with E-state index in [2.05, 4.69) is 29.6 Å². The van der Waals surface area contributed by atoms with Gasteiger partial charge in [-0.1, -0.05) is 48.5 Å². The average Bonchev–Trinajstić information content (AvgIpc) is 3.55. The first-order valence-electron chi connectivity index (χ1n) is 12.2. The lowest BCUT2D eigenvalue weighted by atomic mass is 9.89. The topological polar surface area (TPSA) is 105 Å². The number of carboxylic acid groups (broad SMARTS) is 1. The van der Waals surface area contributed by atoms with Crippen LogP contribution in [0.1, 0.15) is 42.7 Å². The summed E-state index contributed by atoms with van der Waals surface area (Å²) in [5.74, 6) is -1.57. The number of carbonyl (C=O) groups excluding carboxylic acids is 2. The predicted molar refractivity (Wildman–Crippen MR) is 128 cm³/mol. The second-order valence-corrected chi connectivity index (χ2v) is 9.49. The number of hydrogen-bond donors (Lipinski definition) is 2. The molecule has 35 heavy (non-hydrogen) atoms. The van der Waals surface area contributed by atoms with Crippen LogP contribution in [0.5, 0.6) is 0 Å². The van der Waals surface area contributed by atoms with Gasteiger partial charge in [0, 0.05) is 38.1 Å². The molecule has 2 amide bonds. The third-order valence-corrected chi connectivity index (χ3v) is 7.69. The van der Waals surface area contributed by atoms with E-state index in [1.54, 1.807) is 4.90 Å². The number of nitrogens with one attached hydrogen (secondary N) is 1. The monoisotopic (exact) mass is 478 g/mol. The molecule has 4 atom stereocenters. The van der Waals surface area contributed by atoms with Gasteiger partial charge in [-0.2, -0.15) is 0 Å². The number of rotatable bonds is 8. The fourth-order valence-electron chi connectivity index (χ4n) is 6.06. The lowest BCUT2D eigenvalue weighted by Gasteiger charge is -2.27. The standard InChI is InChI=1S/C27H30N2O6/c1-34-24(25(30)29-16-10-11-23(29)21(14-16)26(31)32)12-13-28-27(33)35-15-22-19-8-4-2-6-17(19)18-7-3-5-9-20(18)22/h2-9,16,21-24H,10-15H2,1H3,(H,28,33)(H,31,32)/t16-,21+,23+,24?/m1/s1. The molecule has 2 aliphatic heterocycles. The van der Waals surface area contributed by atoms with E-state index in [1.165, 1.54) is 18.2 Å². The first-order chi connectivity index (χ1) is 17.0. The lowest BCUT2D eigenvalue weighted by Crippen LogP contribution is -2.45. The van der Waals surface area contributed by atoms with E-state index in [0.717, 1.165) is 17.5 Å². The summed E-state index contributed by atoms with van der Waals surface area (Å²) in [5, 5.41) is 12.2. The molecule has 184 valence electrons. The minimum Gasteiger partial charge on any atom is -0.481 e. The first-order valence-corrected chi connectivity index (χ1v) is 12.2. The Balaban J connectivity index is 1.13. The molecule has 2 fully saturated rings. The molecule has 0 spiro atoms. The van der Waals surface area contributed by atoms with Gasteiger partial charge in [0.25, 0.3) is 5.91 Å². The second-order valence-electron chi connectivity index (χ2n) is 9.49. The third kappa shape index (κ3) is 4.27. The molecule has 1 unspecified atom stereocenters. The number of aliphatic carboxylic acids is 1. The van der Waals surface area contributed by atoms with Crippen LogP contribution in [-0.2, 0) is 19.1 Å². The molecule has 3 aliphatic rings. The van der Waals surface area contributed by atoms with Crippen LogP contribution in [-0.4, -0.2) is 66.4 Å². The molecular weight excluding hydrogens is 448 g/mol. The smallest absolute Gasteiger partial charge is 0.407 e. The summed E-state index contributed by atoms with van der Waals surface area (Å²) in [6.07, 6.45) is 1.05. The molecule has 1 aliphatic carbocycles. The number of methoxy groups -OCH3 is 1. The Kier molecular flexibility index (Phi) is 6.47. The molecule has 2 aromatic carbocycles. The van der Waals surface area contributed by atoms with Crippen molar-refractivity contribution in [3.8, 4) is 11.1 Å². The number of alkyl carbamates (subject to hydrolysis) is 1. The Morgan fingerprint density at radius 1 is 1.06 bits per heavy atom. The molecule has 2 heterocycles. The van der Waals surface area contributed by atoms with Crippen molar-refractivity contribution >= 4 is 18.0 Å². The number of amides is 2. The summed E-state index contributed by atoms with van der Waals surface area (Å²) in [7, 11) is 1.46. The number of nitrogens with zero attached hydrogens (tertiary/aromatic N) is 1. The highest BCUT2D eigenvalue weighted by molar-refractivity contribution is 5.84. The van der Waals surface area contributed by atoms with E-state index in [0.29, 0.717) is 12.8 Å². The number of ether oxygens (including phenoxy) is 2. The van der Waals surface area contributed by atoms with Crippen molar-refractivity contribution < 1.29 is 29.0 Å². The molecule has 2 aromatic rings. The fraction of sp³-hybridized carbons (Fsp3) is 0.444. The molecule has 2 N–H and O–H groups in total. The molecule has 2 saturated heterocycles. The van der Waals surface area contributed by atoms with Gasteiger partial charge in [0.1, 0.15) is 12.7 Å². The molecule has 8 heteroatoms. The fourth-order valence-corrected chi connectivity index (χ4v) is 6.06. The number of hydrogen-bond acceptors (Lipinski definition) is 5. The average molecular weight is 479 g/mol. The highest BCUT2D eigenvalue weighted by Gasteiger charge is 2.52. The van der Waals surface area contributed by atoms with Gasteiger partial charge in [-0.15, -0.1) is 0 Å². The van der Waals surface area contributed by atoms with Gasteiger partial charge in [-0.25, -0.2) is 4.79 Å². The zero-order valence-electron chi connectivity index (χ0n) is 19.7. The number of benzene rings is 2. The maximum Gasteiger partial charge on any atom is 0.407 e. The van der Waals surface area contributed by atoms with Gasteiger partial charge < -0.3 is 24.8 Å². The van der Waals surface area contributed by atoms with Crippen LogP contribution in [0.4, 0.5) is 4.79 Å². The molecule has 0 radical (unpaired) electrons. The van der Waals surface area contributed by atoms with Crippen molar-refractivity contribution in [2.24, 2.45) is 5.92 Å². The van der Waals surface area contributed by atoms with Crippen molar-refractivity contribution in [1.82, 2.24) is 10.2 Å². The van der Waals surface area contributed by atoms with Crippen LogP contribution in [0.3, 0.4) is 0 Å². The second kappa shape index (κ2) is 9.70. The zero-order chi connectivity index (χ0) is 24.5. The lowest BCUT2D eigenvalue weighted by molar-refractivity contribution is -0.146. The molecular formula is C27H30N2O6. The molecule has 0 saturated carbocycles. The van der Waals surface area contributed by atoms with Crippen LogP contribution in [0, 0.1) is 5.92 Å². The van der Waals surface area contributed by atoms with E-state index in [-0.39, 0.29) is 43.5 Å². The van der Waals surface area contributed by atoms with Crippen molar-refractivity contribution in [2.75, 3.05) is 20.3 Å². The van der Waals surface area contributed by atoms with Crippen molar-refractivity contribution in [1.29, 1.82) is 0 Å². The highest BCUT2D eigenvalue weighted by Crippen LogP contribution is 2.44. The van der Waals surface area contributed by atoms with Crippen molar-refractivity contribution in [3.63, 3.8) is 0 Å². The highest BCUT2D eigenvalue weighted by atomic mass is 16.5. The van der Waals surface area contributed by atoms with Gasteiger partial charge in [0.2, 0.25) is 0 Å². The summed E-state index contributed by atoms with van der Waals surface area (Å²) in [5.41, 5.74) is 4.62. The van der Waals surface area contributed by atoms with Crippen LogP contribution in [0.2, 0.25) is 0 Å². The summed E-state index contributed by atoms with van der Waals surface area (Å²) in [6.45, 7) is 0.437.